The molecule has 0 amide bonds. The lowest BCUT2D eigenvalue weighted by Gasteiger charge is -2.26. The Hall–Kier alpha value is -2.33. The number of benzene rings is 3. The van der Waals surface area contributed by atoms with Gasteiger partial charge in [-0.05, 0) is 67.6 Å². The maximum atomic E-state index is 13.5. The van der Waals surface area contributed by atoms with E-state index < -0.39 is 16.1 Å². The van der Waals surface area contributed by atoms with Crippen LogP contribution in [-0.2, 0) is 10.0 Å². The minimum Gasteiger partial charge on any atom is -0.268 e. The van der Waals surface area contributed by atoms with Gasteiger partial charge in [0.15, 0.2) is 0 Å². The summed E-state index contributed by atoms with van der Waals surface area (Å²) in [4.78, 5) is 18.3. The molecule has 0 saturated heterocycles. The van der Waals surface area contributed by atoms with E-state index in [0.717, 1.165) is 8.95 Å². The van der Waals surface area contributed by atoms with Crippen molar-refractivity contribution in [3.63, 3.8) is 0 Å². The van der Waals surface area contributed by atoms with E-state index >= 15 is 0 Å². The predicted octanol–water partition coefficient (Wildman–Crippen LogP) is 5.29. The highest BCUT2D eigenvalue weighted by molar-refractivity contribution is 9.10. The lowest BCUT2D eigenvalue weighted by molar-refractivity contribution is 0.379. The fraction of sp³-hybridized carbons (Fsp3) is 0.130. The number of aromatic nitrogens is 2. The van der Waals surface area contributed by atoms with Gasteiger partial charge in [-0.2, -0.15) is 4.31 Å². The molecule has 1 aromatic heterocycles. The van der Waals surface area contributed by atoms with E-state index in [4.69, 9.17) is 4.98 Å². The van der Waals surface area contributed by atoms with E-state index in [1.165, 1.54) is 28.1 Å². The number of sulfonamides is 1. The first kappa shape index (κ1) is 22.8. The molecule has 0 aliphatic heterocycles. The average Bonchev–Trinajstić information content (AvgIpc) is 2.79. The van der Waals surface area contributed by atoms with Crippen LogP contribution in [0.3, 0.4) is 0 Å². The molecule has 0 aliphatic rings. The van der Waals surface area contributed by atoms with Crippen molar-refractivity contribution in [1.29, 1.82) is 0 Å². The molecule has 1 heterocycles. The monoisotopic (exact) mass is 575 g/mol. The molecule has 3 aromatic carbocycles. The van der Waals surface area contributed by atoms with Crippen LogP contribution in [0.1, 0.15) is 18.8 Å². The molecule has 9 heteroatoms. The van der Waals surface area contributed by atoms with Gasteiger partial charge in [0.25, 0.3) is 5.56 Å². The topological polar surface area (TPSA) is 72.3 Å². The highest BCUT2D eigenvalue weighted by Gasteiger charge is 2.30. The zero-order valence-electron chi connectivity index (χ0n) is 17.2. The number of para-hydroxylation sites is 1. The van der Waals surface area contributed by atoms with E-state index in [9.17, 15) is 13.2 Å². The maximum absolute atomic E-state index is 13.5. The van der Waals surface area contributed by atoms with Crippen LogP contribution in [0.15, 0.2) is 91.4 Å². The molecule has 0 fully saturated rings. The molecule has 164 valence electrons. The Morgan fingerprint density at radius 3 is 2.09 bits per heavy atom. The molecule has 0 N–H and O–H groups in total. The van der Waals surface area contributed by atoms with Gasteiger partial charge in [-0.15, -0.1) is 0 Å². The van der Waals surface area contributed by atoms with Gasteiger partial charge < -0.3 is 0 Å². The first-order chi connectivity index (χ1) is 15.2. The second kappa shape index (κ2) is 8.90. The van der Waals surface area contributed by atoms with Gasteiger partial charge in [0.05, 0.1) is 27.5 Å². The lowest BCUT2D eigenvalue weighted by Crippen LogP contribution is -2.34. The van der Waals surface area contributed by atoms with Gasteiger partial charge >= 0.3 is 0 Å². The number of halogens is 2. The molecule has 1 atom stereocenters. The van der Waals surface area contributed by atoms with E-state index in [-0.39, 0.29) is 10.5 Å². The van der Waals surface area contributed by atoms with E-state index in [1.807, 2.05) is 12.1 Å². The number of hydrogen-bond acceptors (Lipinski definition) is 4. The SMILES string of the molecule is CC(c1nc2ccccc2c(=O)n1-c1ccc(Br)cc1)N(C)S(=O)(=O)c1ccc(Br)cc1. The summed E-state index contributed by atoms with van der Waals surface area (Å²) in [6, 6.07) is 20.0. The Kier molecular flexibility index (Phi) is 6.35. The summed E-state index contributed by atoms with van der Waals surface area (Å²) in [5, 5.41) is 0.463. The first-order valence-corrected chi connectivity index (χ1v) is 12.7. The standard InChI is InChI=1S/C23H19Br2N3O3S/c1-15(27(2)32(30,31)19-13-9-17(25)10-14-19)22-26-21-6-4-3-5-20(21)23(29)28(22)18-11-7-16(24)8-12-18/h3-15H,1-2H3. The quantitative estimate of drug-likeness (QED) is 0.323. The molecule has 0 aliphatic carbocycles. The number of hydrogen-bond donors (Lipinski definition) is 0. The van der Waals surface area contributed by atoms with Crippen molar-refractivity contribution < 1.29 is 8.42 Å². The van der Waals surface area contributed by atoms with Crippen LogP contribution < -0.4 is 5.56 Å². The zero-order valence-corrected chi connectivity index (χ0v) is 21.2. The van der Waals surface area contributed by atoms with Crippen LogP contribution >= 0.6 is 31.9 Å². The average molecular weight is 577 g/mol. The Morgan fingerprint density at radius 1 is 0.906 bits per heavy atom. The third-order valence-electron chi connectivity index (χ3n) is 5.30. The van der Waals surface area contributed by atoms with E-state index in [0.29, 0.717) is 22.4 Å². The van der Waals surface area contributed by atoms with Crippen molar-refractivity contribution in [2.45, 2.75) is 17.9 Å². The minimum atomic E-state index is -3.83. The summed E-state index contributed by atoms with van der Waals surface area (Å²) in [6.45, 7) is 1.72. The van der Waals surface area contributed by atoms with Gasteiger partial charge in [0.2, 0.25) is 10.0 Å². The van der Waals surface area contributed by atoms with Gasteiger partial charge in [-0.25, -0.2) is 13.4 Å². The zero-order chi connectivity index (χ0) is 23.0. The summed E-state index contributed by atoms with van der Waals surface area (Å²) in [5.41, 5.74) is 0.865. The maximum Gasteiger partial charge on any atom is 0.266 e. The summed E-state index contributed by atoms with van der Waals surface area (Å²) in [5.74, 6) is 0.333. The number of nitrogens with zero attached hydrogens (tertiary/aromatic N) is 3. The normalized spacial score (nSPS) is 12.9. The van der Waals surface area contributed by atoms with Gasteiger partial charge in [0, 0.05) is 16.0 Å². The number of rotatable bonds is 5. The Labute approximate surface area is 202 Å². The van der Waals surface area contributed by atoms with Crippen LogP contribution in [0, 0.1) is 0 Å². The fourth-order valence-corrected chi connectivity index (χ4v) is 5.27. The molecule has 0 saturated carbocycles. The van der Waals surface area contributed by atoms with Crippen LogP contribution in [-0.4, -0.2) is 29.3 Å². The molecule has 6 nitrogen and oxygen atoms in total. The van der Waals surface area contributed by atoms with Gasteiger partial charge in [-0.1, -0.05) is 44.0 Å². The Bertz CT molecular complexity index is 1450. The molecule has 4 aromatic rings. The minimum absolute atomic E-state index is 0.161. The third-order valence-corrected chi connectivity index (χ3v) is 8.30. The molecule has 32 heavy (non-hydrogen) atoms. The summed E-state index contributed by atoms with van der Waals surface area (Å²) in [7, 11) is -2.33. The summed E-state index contributed by atoms with van der Waals surface area (Å²) >= 11 is 6.74. The fourth-order valence-electron chi connectivity index (χ4n) is 3.41. The number of fused-ring (bicyclic) bond motifs is 1. The molecule has 0 bridgehead atoms. The Morgan fingerprint density at radius 2 is 1.47 bits per heavy atom. The van der Waals surface area contributed by atoms with Crippen LogP contribution in [0.2, 0.25) is 0 Å². The van der Waals surface area contributed by atoms with Crippen molar-refractivity contribution in [3.05, 3.63) is 97.9 Å². The molecule has 0 radical (unpaired) electrons. The predicted molar refractivity (Wildman–Crippen MR) is 133 cm³/mol. The second-order valence-electron chi connectivity index (χ2n) is 7.26. The van der Waals surface area contributed by atoms with Crippen molar-refractivity contribution in [3.8, 4) is 5.69 Å². The van der Waals surface area contributed by atoms with Crippen LogP contribution in [0.5, 0.6) is 0 Å². The van der Waals surface area contributed by atoms with Crippen molar-refractivity contribution in [1.82, 2.24) is 13.9 Å². The van der Waals surface area contributed by atoms with Crippen molar-refractivity contribution in [2.75, 3.05) is 7.05 Å². The molecule has 4 rings (SSSR count). The van der Waals surface area contributed by atoms with Crippen LogP contribution in [0.25, 0.3) is 16.6 Å². The molecule has 0 spiro atoms. The van der Waals surface area contributed by atoms with E-state index in [2.05, 4.69) is 31.9 Å². The van der Waals surface area contributed by atoms with Crippen molar-refractivity contribution >= 4 is 52.8 Å². The van der Waals surface area contributed by atoms with E-state index in [1.54, 1.807) is 55.5 Å². The van der Waals surface area contributed by atoms with Gasteiger partial charge in [-0.3, -0.25) is 9.36 Å². The largest absolute Gasteiger partial charge is 0.268 e. The second-order valence-corrected chi connectivity index (χ2v) is 11.1. The smallest absolute Gasteiger partial charge is 0.266 e. The third kappa shape index (κ3) is 4.17. The first-order valence-electron chi connectivity index (χ1n) is 9.71. The molecule has 1 unspecified atom stereocenters. The van der Waals surface area contributed by atoms with Crippen molar-refractivity contribution in [2.24, 2.45) is 0 Å². The highest BCUT2D eigenvalue weighted by Crippen LogP contribution is 2.28. The summed E-state index contributed by atoms with van der Waals surface area (Å²) < 4.78 is 30.9. The summed E-state index contributed by atoms with van der Waals surface area (Å²) in [6.07, 6.45) is 0. The highest BCUT2D eigenvalue weighted by atomic mass is 79.9. The lowest BCUT2D eigenvalue weighted by atomic mass is 10.2. The van der Waals surface area contributed by atoms with Gasteiger partial charge in [0.1, 0.15) is 5.82 Å². The molecular weight excluding hydrogens is 558 g/mol. The van der Waals surface area contributed by atoms with Crippen LogP contribution in [0.4, 0.5) is 0 Å². The Balaban J connectivity index is 1.90. The molecular formula is C23H19Br2N3O3S.